The summed E-state index contributed by atoms with van der Waals surface area (Å²) in [5.41, 5.74) is 3.07. The first-order valence-corrected chi connectivity index (χ1v) is 92.8. The van der Waals surface area contributed by atoms with Gasteiger partial charge in [0.15, 0.2) is 0 Å². The zero-order chi connectivity index (χ0) is 75.1. The van der Waals surface area contributed by atoms with E-state index < -0.39 is 16.8 Å². The van der Waals surface area contributed by atoms with Crippen LogP contribution < -0.4 is 32.1 Å². The maximum Gasteiger partial charge on any atom is 1.00 e. The molecule has 0 aromatic carbocycles. The van der Waals surface area contributed by atoms with E-state index in [9.17, 15) is 30.3 Å². The molecular weight excluding hydrogens is 2400 g/mol. The van der Waals surface area contributed by atoms with Gasteiger partial charge in [-0.15, -0.1) is 34.0 Å². The minimum absolute atomic E-state index is 0. The van der Waals surface area contributed by atoms with Gasteiger partial charge in [-0.3, -0.25) is 0 Å². The maximum atomic E-state index is 11.5. The number of aldehydes is 1. The molecule has 9 nitrogen and oxygen atoms in total. The molecule has 107 heavy (non-hydrogen) atoms. The number of hydrogen-bond acceptors (Lipinski definition) is 12. The third-order valence-electron chi connectivity index (χ3n) is 30.6. The number of carbonyl (C=O) groups is 1. The van der Waals surface area contributed by atoms with Crippen molar-refractivity contribution in [3.8, 4) is 0 Å². The number of unbranched alkanes of at least 4 members (excludes halogenated alkanes) is 1. The maximum absolute atomic E-state index is 11.5. The van der Waals surface area contributed by atoms with Crippen molar-refractivity contribution in [2.24, 2.45) is 123 Å². The number of hydrogen-bond donors (Lipinski definition) is 5. The van der Waals surface area contributed by atoms with Gasteiger partial charge in [0, 0.05) is 33.4 Å². The van der Waals surface area contributed by atoms with Crippen LogP contribution in [0.25, 0.3) is 0 Å². The molecule has 618 valence electrons. The number of thiazole rings is 3. The van der Waals surface area contributed by atoms with E-state index >= 15 is 0 Å². The summed E-state index contributed by atoms with van der Waals surface area (Å²) in [6.07, 6.45) is 37.6. The summed E-state index contributed by atoms with van der Waals surface area (Å²) in [5.74, 6) is 13.6. The van der Waals surface area contributed by atoms with Crippen LogP contribution in [0.4, 0.5) is 0 Å². The Labute approximate surface area is 746 Å². The molecule has 12 saturated carbocycles. The molecule has 5 N–H and O–H groups in total. The van der Waals surface area contributed by atoms with Gasteiger partial charge >= 0.3 is 149 Å². The molecule has 3 aromatic heterocycles. The van der Waals surface area contributed by atoms with Gasteiger partial charge in [-0.1, -0.05) is 56.4 Å². The number of fused-ring (bicyclic) bond motifs is 15. The molecule has 0 spiro atoms. The van der Waals surface area contributed by atoms with E-state index in [-0.39, 0.29) is 77.0 Å². The van der Waals surface area contributed by atoms with E-state index in [2.05, 4.69) is 181 Å². The van der Waals surface area contributed by atoms with Gasteiger partial charge < -0.3 is 37.3 Å². The number of aromatic nitrogens is 3. The Bertz CT molecular complexity index is 3040. The summed E-state index contributed by atoms with van der Waals surface area (Å²) in [4.78, 5) is 29.1. The third-order valence-corrected chi connectivity index (χ3v) is 447. The molecule has 0 saturated heterocycles. The monoisotopic (exact) mass is 2550 g/mol. The average molecular weight is 2550 g/mol. The molecule has 0 amide bonds. The number of halogens is 9. The summed E-state index contributed by atoms with van der Waals surface area (Å²) in [6.45, 7) is 33.9. The average Bonchev–Trinajstić information content (AvgIpc) is 1.67. The van der Waals surface area contributed by atoms with Crippen LogP contribution in [-0.4, -0.2) is 75.8 Å². The van der Waals surface area contributed by atoms with Crippen molar-refractivity contribution >= 4 is 157 Å². The van der Waals surface area contributed by atoms with Crippen molar-refractivity contribution in [1.82, 2.24) is 15.0 Å². The normalized spacial score (nSPS) is 40.4. The van der Waals surface area contributed by atoms with Gasteiger partial charge in [-0.05, 0) is 359 Å². The molecule has 0 aliphatic heterocycles. The van der Waals surface area contributed by atoms with Crippen LogP contribution in [-0.2, 0) is 17.6 Å². The van der Waals surface area contributed by atoms with Crippen LogP contribution in [0.15, 0.2) is 0 Å². The van der Waals surface area contributed by atoms with Crippen LogP contribution in [0.2, 0.25) is 0 Å². The van der Waals surface area contributed by atoms with E-state index in [1.54, 1.807) is 34.0 Å². The van der Waals surface area contributed by atoms with Crippen molar-refractivity contribution in [2.45, 2.75) is 347 Å². The number of carbonyl (C=O) groups excluding carboxylic acids is 1. The van der Waals surface area contributed by atoms with Gasteiger partial charge in [0.1, 0.15) is 6.29 Å². The van der Waals surface area contributed by atoms with Crippen LogP contribution >= 0.6 is 151 Å². The van der Waals surface area contributed by atoms with E-state index in [4.69, 9.17) is 9.97 Å². The van der Waals surface area contributed by atoms with Gasteiger partial charge in [0.05, 0.1) is 61.1 Å². The summed E-state index contributed by atoms with van der Waals surface area (Å²) in [6, 6.07) is 0. The zero-order valence-electron chi connectivity index (χ0n) is 65.9. The number of rotatable bonds is 11. The predicted octanol–water partition coefficient (Wildman–Crippen LogP) is 22.3. The largest absolute Gasteiger partial charge is 1.00 e. The van der Waals surface area contributed by atoms with E-state index in [1.807, 2.05) is 20.8 Å². The third kappa shape index (κ3) is 24.1. The molecule has 15 rings (SSSR count). The standard InChI is InChI=1S/2C26H41NO2S.C20H32O2.C6H9NS.C4H9.3CH4.I9.Li/c2*1-15-16(2)30-24(27-15)13-23(28)22-8-7-21-20-6-5-17-14-25(3,29)11-9-18(17)19(20)10-12-26(21,22)4;1-19(22)9-7-15-13(11-19)3-5-17-16(15)8-10-20(2)14(12-21)4-6-18(17)20;1-4-5(2)8-6(3)7-4;1-3-4-2;;;;1-6-8(4)9(5)7(2)3;/h2*17-23,28-29H,5-14H2,1-4H3;12-18,22H,3-11H2,1-2H3;1-3H3;1,3-4H2,2H3;3*1H4;;/q;;;;-1;;;;-1;+1/t17-,18+,19-,20-,21+,22-,23+,25-,26+;17-,18+,19-,20-,21+,22-,23-,25-,26+;13-,14-,15+,16-,17-,18+,19-,20-;;;;;;;/m111......./s1. The molecule has 12 fully saturated rings. The fourth-order valence-electron chi connectivity index (χ4n) is 25.4. The SMILES string of the molecule is C.C.C.C[C@@]1(O)CC[C@H]2[C@H](CC[C@@H]3[C@@H]2CC[C@]2(C)[C@@H](C=O)CC[C@@H]32)C1.Cc1nc(C)c(C)s1.Cc1nc(C[C@@H](O)[C@H]2CC[C@H]3[C@@H]4CC[C@@H]5C[C@](C)(O)CC[C@@H]5[C@H]4CC[C@]23C)sc1C.Cc1nc(C[C@H](O)[C@H]2CC[C@H]3[C@@H]4CC[C@@H]5C[C@](C)(O)CC[C@@H]5[C@H]4CC[C@]23C)sc1C.I[I-]I(I)I(I)I(I)I.[CH2-]CCC.[Li+]. The minimum Gasteiger partial charge on any atom is -0.343 e. The summed E-state index contributed by atoms with van der Waals surface area (Å²) >= 11 is 19.9. The second-order valence-electron chi connectivity index (χ2n) is 36.7. The van der Waals surface area contributed by atoms with Crippen molar-refractivity contribution in [3.05, 3.63) is 53.7 Å². The first-order chi connectivity index (χ1) is 48.5. The molecule has 0 bridgehead atoms. The topological polar surface area (TPSA) is 157 Å². The van der Waals surface area contributed by atoms with E-state index in [0.29, 0.717) is 47.3 Å². The van der Waals surface area contributed by atoms with Crippen LogP contribution in [0.1, 0.15) is 304 Å². The summed E-state index contributed by atoms with van der Waals surface area (Å²) in [7, 11) is -0.795. The molecule has 12 aliphatic rings. The van der Waals surface area contributed by atoms with Crippen molar-refractivity contribution in [3.63, 3.8) is 0 Å². The Morgan fingerprint density at radius 1 is 0.486 bits per heavy atom. The van der Waals surface area contributed by atoms with E-state index in [1.165, 1.54) is 166 Å². The molecule has 12 aliphatic carbocycles. The van der Waals surface area contributed by atoms with Crippen LogP contribution in [0.5, 0.6) is 0 Å². The van der Waals surface area contributed by atoms with Crippen molar-refractivity contribution < 1.29 is 62.4 Å². The van der Waals surface area contributed by atoms with E-state index in [0.717, 1.165) is 174 Å². The smallest absolute Gasteiger partial charge is 0.343 e. The number of aliphatic hydroxyl groups excluding tert-OH is 2. The fraction of sp³-hybridized carbons (Fsp3) is 0.871. The Hall–Kier alpha value is 5.53. The molecule has 3 aromatic rings. The number of aryl methyl sites for hydroxylation is 7. The predicted molar refractivity (Wildman–Crippen MR) is 521 cm³/mol. The Balaban J connectivity index is 0.000000219. The van der Waals surface area contributed by atoms with Gasteiger partial charge in [-0.25, -0.2) is 15.0 Å². The minimum atomic E-state index is -0.424. The molecular formula is C85H144I9LiN3O6S3-. The zero-order valence-corrected chi connectivity index (χ0v) is 87.7. The summed E-state index contributed by atoms with van der Waals surface area (Å²) in [5, 5.41) is 57.6. The van der Waals surface area contributed by atoms with Crippen molar-refractivity contribution in [1.29, 1.82) is 0 Å². The first-order valence-electron chi connectivity index (χ1n) is 40.1. The molecule has 22 heteroatoms. The summed E-state index contributed by atoms with van der Waals surface area (Å²) < 4.78 is 0. The Kier molecular flexibility index (Phi) is 41.4. The number of nitrogens with zero attached hydrogens (tertiary/aromatic N) is 3. The molecule has 26 atom stereocenters. The Morgan fingerprint density at radius 3 is 1.09 bits per heavy atom. The quantitative estimate of drug-likeness (QED) is 0.0546. The second kappa shape index (κ2) is 43.7. The number of aliphatic hydroxyl groups is 5. The van der Waals surface area contributed by atoms with Crippen LogP contribution in [0.3, 0.4) is 0 Å². The molecule has 0 unspecified atom stereocenters. The van der Waals surface area contributed by atoms with Crippen LogP contribution in [0, 0.1) is 178 Å². The Morgan fingerprint density at radius 2 is 0.813 bits per heavy atom. The molecule has 3 heterocycles. The van der Waals surface area contributed by atoms with Gasteiger partial charge in [-0.2, -0.15) is 6.42 Å². The van der Waals surface area contributed by atoms with Crippen molar-refractivity contribution in [2.75, 3.05) is 0 Å². The fourth-order valence-corrected chi connectivity index (χ4v) is 657. The first kappa shape index (κ1) is 101. The second-order valence-corrected chi connectivity index (χ2v) is 203. The van der Waals surface area contributed by atoms with Gasteiger partial charge in [0.2, 0.25) is 0 Å². The molecule has 0 radical (unpaired) electrons. The van der Waals surface area contributed by atoms with Gasteiger partial charge in [0.25, 0.3) is 0 Å².